The number of hydrogen-bond donors (Lipinski definition) is 1. The van der Waals surface area contributed by atoms with E-state index in [0.29, 0.717) is 13.0 Å². The number of amides is 1. The van der Waals surface area contributed by atoms with Gasteiger partial charge in [0.2, 0.25) is 5.91 Å². The van der Waals surface area contributed by atoms with Gasteiger partial charge in [-0.15, -0.1) is 0 Å². The predicted octanol–water partition coefficient (Wildman–Crippen LogP) is 1.21. The molecular formula is C16H24N2O3. The summed E-state index contributed by atoms with van der Waals surface area (Å²) in [4.78, 5) is 25.6. The van der Waals surface area contributed by atoms with E-state index in [9.17, 15) is 9.59 Å². The molecule has 0 bridgehead atoms. The summed E-state index contributed by atoms with van der Waals surface area (Å²) in [7, 11) is 3.04. The highest BCUT2D eigenvalue weighted by Gasteiger charge is 2.26. The molecule has 0 aliphatic heterocycles. The van der Waals surface area contributed by atoms with Crippen molar-refractivity contribution in [2.24, 2.45) is 11.7 Å². The maximum atomic E-state index is 12.5. The van der Waals surface area contributed by atoms with E-state index in [-0.39, 0.29) is 24.3 Å². The number of carbonyl (C=O) groups is 2. The molecule has 0 spiro atoms. The number of esters is 1. The van der Waals surface area contributed by atoms with Crippen LogP contribution in [-0.2, 0) is 20.7 Å². The lowest BCUT2D eigenvalue weighted by atomic mass is 9.94. The minimum atomic E-state index is -0.427. The van der Waals surface area contributed by atoms with E-state index in [0.717, 1.165) is 5.56 Å². The fraction of sp³-hybridized carbons (Fsp3) is 0.500. The minimum absolute atomic E-state index is 0.0769. The predicted molar refractivity (Wildman–Crippen MR) is 81.6 cm³/mol. The lowest BCUT2D eigenvalue weighted by Crippen LogP contribution is -2.41. The van der Waals surface area contributed by atoms with Crippen molar-refractivity contribution in [2.45, 2.75) is 25.8 Å². The molecule has 0 radical (unpaired) electrons. The SMILES string of the molecule is COC(=O)C[C@@H](Cc1ccccc1)C(=O)N(C)C[C@H](C)N. The summed E-state index contributed by atoms with van der Waals surface area (Å²) in [5.41, 5.74) is 6.75. The molecule has 0 unspecified atom stereocenters. The number of nitrogens with zero attached hydrogens (tertiary/aromatic N) is 1. The van der Waals surface area contributed by atoms with Crippen molar-refractivity contribution in [1.29, 1.82) is 0 Å². The first-order valence-corrected chi connectivity index (χ1v) is 7.05. The van der Waals surface area contributed by atoms with Crippen LogP contribution in [0, 0.1) is 5.92 Å². The third-order valence-corrected chi connectivity index (χ3v) is 3.25. The molecule has 2 atom stereocenters. The number of nitrogens with two attached hydrogens (primary N) is 1. The Morgan fingerprint density at radius 3 is 2.43 bits per heavy atom. The summed E-state index contributed by atoms with van der Waals surface area (Å²) in [6.45, 7) is 2.31. The second-order valence-electron chi connectivity index (χ2n) is 5.36. The monoisotopic (exact) mass is 292 g/mol. The van der Waals surface area contributed by atoms with E-state index < -0.39 is 5.92 Å². The number of hydrogen-bond acceptors (Lipinski definition) is 4. The number of carbonyl (C=O) groups excluding carboxylic acids is 2. The first-order valence-electron chi connectivity index (χ1n) is 7.05. The van der Waals surface area contributed by atoms with Gasteiger partial charge in [-0.05, 0) is 18.9 Å². The molecule has 21 heavy (non-hydrogen) atoms. The maximum Gasteiger partial charge on any atom is 0.306 e. The molecule has 0 aliphatic carbocycles. The van der Waals surface area contributed by atoms with Gasteiger partial charge in [-0.1, -0.05) is 30.3 Å². The zero-order valence-corrected chi connectivity index (χ0v) is 12.9. The Hall–Kier alpha value is -1.88. The minimum Gasteiger partial charge on any atom is -0.469 e. The van der Waals surface area contributed by atoms with Gasteiger partial charge in [0.25, 0.3) is 0 Å². The molecule has 2 N–H and O–H groups in total. The van der Waals surface area contributed by atoms with E-state index in [1.54, 1.807) is 11.9 Å². The van der Waals surface area contributed by atoms with Crippen LogP contribution in [-0.4, -0.2) is 43.5 Å². The molecule has 0 aromatic heterocycles. The quantitative estimate of drug-likeness (QED) is 0.767. The van der Waals surface area contributed by atoms with Crippen molar-refractivity contribution in [3.8, 4) is 0 Å². The van der Waals surface area contributed by atoms with Gasteiger partial charge in [0.1, 0.15) is 0 Å². The first kappa shape index (κ1) is 17.2. The summed E-state index contributed by atoms with van der Waals surface area (Å²) in [6.07, 6.45) is 0.589. The molecule has 0 fully saturated rings. The number of rotatable bonds is 7. The Balaban J connectivity index is 2.81. The Morgan fingerprint density at radius 1 is 1.29 bits per heavy atom. The summed E-state index contributed by atoms with van der Waals surface area (Å²) >= 11 is 0. The largest absolute Gasteiger partial charge is 0.469 e. The van der Waals surface area contributed by atoms with Crippen molar-refractivity contribution < 1.29 is 14.3 Å². The van der Waals surface area contributed by atoms with E-state index in [2.05, 4.69) is 0 Å². The molecule has 0 aliphatic rings. The van der Waals surface area contributed by atoms with Crippen LogP contribution in [0.15, 0.2) is 30.3 Å². The Bertz CT molecular complexity index is 460. The van der Waals surface area contributed by atoms with Crippen molar-refractivity contribution in [3.05, 3.63) is 35.9 Å². The first-order chi connectivity index (χ1) is 9.93. The van der Waals surface area contributed by atoms with Gasteiger partial charge in [0.15, 0.2) is 0 Å². The van der Waals surface area contributed by atoms with Gasteiger partial charge in [-0.25, -0.2) is 0 Å². The molecule has 1 rings (SSSR count). The fourth-order valence-electron chi connectivity index (χ4n) is 2.26. The number of methoxy groups -OCH3 is 1. The highest BCUT2D eigenvalue weighted by Crippen LogP contribution is 2.16. The normalized spacial score (nSPS) is 13.3. The highest BCUT2D eigenvalue weighted by atomic mass is 16.5. The number of benzene rings is 1. The van der Waals surface area contributed by atoms with Crippen molar-refractivity contribution >= 4 is 11.9 Å². The zero-order valence-electron chi connectivity index (χ0n) is 12.9. The molecule has 1 amide bonds. The summed E-state index contributed by atoms with van der Waals surface area (Å²) < 4.78 is 4.70. The van der Waals surface area contributed by atoms with Crippen LogP contribution in [0.3, 0.4) is 0 Å². The van der Waals surface area contributed by atoms with Gasteiger partial charge in [0, 0.05) is 19.6 Å². The molecular weight excluding hydrogens is 268 g/mol. The smallest absolute Gasteiger partial charge is 0.306 e. The van der Waals surface area contributed by atoms with Crippen molar-refractivity contribution in [2.75, 3.05) is 20.7 Å². The standard InChI is InChI=1S/C16H24N2O3/c1-12(17)11-18(2)16(20)14(10-15(19)21-3)9-13-7-5-4-6-8-13/h4-8,12,14H,9-11,17H2,1-3H3/t12-,14+/m0/s1. The highest BCUT2D eigenvalue weighted by molar-refractivity contribution is 5.84. The van der Waals surface area contributed by atoms with Crippen LogP contribution in [0.2, 0.25) is 0 Å². The maximum absolute atomic E-state index is 12.5. The van der Waals surface area contributed by atoms with Gasteiger partial charge in [0.05, 0.1) is 19.4 Å². The second-order valence-corrected chi connectivity index (χ2v) is 5.36. The lowest BCUT2D eigenvalue weighted by molar-refractivity contribution is -0.146. The molecule has 0 heterocycles. The van der Waals surface area contributed by atoms with E-state index >= 15 is 0 Å². The lowest BCUT2D eigenvalue weighted by Gasteiger charge is -2.24. The van der Waals surface area contributed by atoms with Gasteiger partial charge in [-0.2, -0.15) is 0 Å². The number of ether oxygens (including phenoxy) is 1. The van der Waals surface area contributed by atoms with Gasteiger partial charge >= 0.3 is 5.97 Å². The molecule has 5 nitrogen and oxygen atoms in total. The van der Waals surface area contributed by atoms with Crippen LogP contribution in [0.25, 0.3) is 0 Å². The van der Waals surface area contributed by atoms with Gasteiger partial charge < -0.3 is 15.4 Å². The van der Waals surface area contributed by atoms with Crippen LogP contribution in [0.5, 0.6) is 0 Å². The summed E-state index contributed by atoms with van der Waals surface area (Å²) in [6, 6.07) is 9.55. The van der Waals surface area contributed by atoms with E-state index in [1.807, 2.05) is 37.3 Å². The molecule has 116 valence electrons. The average Bonchev–Trinajstić information content (AvgIpc) is 2.46. The third-order valence-electron chi connectivity index (χ3n) is 3.25. The second kappa shape index (κ2) is 8.42. The topological polar surface area (TPSA) is 72.6 Å². The summed E-state index contributed by atoms with van der Waals surface area (Å²) in [5.74, 6) is -0.886. The van der Waals surface area contributed by atoms with Crippen molar-refractivity contribution in [3.63, 3.8) is 0 Å². The van der Waals surface area contributed by atoms with Crippen LogP contribution < -0.4 is 5.73 Å². The van der Waals surface area contributed by atoms with E-state index in [4.69, 9.17) is 10.5 Å². The fourth-order valence-corrected chi connectivity index (χ4v) is 2.26. The van der Waals surface area contributed by atoms with E-state index in [1.165, 1.54) is 7.11 Å². The molecule has 0 saturated carbocycles. The molecule has 0 saturated heterocycles. The van der Waals surface area contributed by atoms with Crippen LogP contribution in [0.4, 0.5) is 0 Å². The van der Waals surface area contributed by atoms with Crippen LogP contribution >= 0.6 is 0 Å². The zero-order chi connectivity index (χ0) is 15.8. The molecule has 1 aromatic rings. The van der Waals surface area contributed by atoms with Gasteiger partial charge in [-0.3, -0.25) is 9.59 Å². The Morgan fingerprint density at radius 2 is 1.90 bits per heavy atom. The molecule has 1 aromatic carbocycles. The average molecular weight is 292 g/mol. The van der Waals surface area contributed by atoms with Crippen molar-refractivity contribution in [1.82, 2.24) is 4.90 Å². The Kier molecular flexibility index (Phi) is 6.88. The van der Waals surface area contributed by atoms with Crippen LogP contribution in [0.1, 0.15) is 18.9 Å². The number of likely N-dealkylation sites (N-methyl/N-ethyl adjacent to an activating group) is 1. The summed E-state index contributed by atoms with van der Waals surface area (Å²) in [5, 5.41) is 0. The third kappa shape index (κ3) is 5.95. The Labute approximate surface area is 126 Å². The molecule has 5 heteroatoms.